The number of anilines is 1. The Morgan fingerprint density at radius 1 is 0.975 bits per heavy atom. The molecule has 0 amide bonds. The van der Waals surface area contributed by atoms with Crippen molar-refractivity contribution >= 4 is 35.1 Å². The van der Waals surface area contributed by atoms with Crippen molar-refractivity contribution < 1.29 is 14.6 Å². The molecule has 0 spiro atoms. The molecule has 40 heavy (non-hydrogen) atoms. The van der Waals surface area contributed by atoms with Gasteiger partial charge in [0.15, 0.2) is 5.75 Å². The van der Waals surface area contributed by atoms with Crippen LogP contribution in [0.4, 0.5) is 5.95 Å². The highest BCUT2D eigenvalue weighted by atomic mass is 35.5. The van der Waals surface area contributed by atoms with Crippen LogP contribution >= 0.6 is 23.2 Å². The molecule has 2 fully saturated rings. The number of aromatic nitrogens is 3. The fourth-order valence-corrected chi connectivity index (χ4v) is 5.75. The SMILES string of the molecule is CN1CCN(c2ncc(Oc3cc(CN4CCC(CCC(=O)O)CC4)cc(-c4cc(Cl)cc(Cl)c4)n3)cn2)CC1. The lowest BCUT2D eigenvalue weighted by atomic mass is 9.92. The first-order valence-electron chi connectivity index (χ1n) is 13.7. The van der Waals surface area contributed by atoms with Crippen LogP contribution < -0.4 is 9.64 Å². The largest absolute Gasteiger partial charge is 0.481 e. The second-order valence-corrected chi connectivity index (χ2v) is 11.5. The molecule has 4 heterocycles. The summed E-state index contributed by atoms with van der Waals surface area (Å²) in [5, 5.41) is 10.1. The van der Waals surface area contributed by atoms with Crippen LogP contribution in [-0.4, -0.2) is 82.1 Å². The molecule has 2 aromatic heterocycles. The third kappa shape index (κ3) is 7.81. The van der Waals surface area contributed by atoms with Gasteiger partial charge in [-0.05, 0) is 75.1 Å². The number of rotatable bonds is 9. The first-order valence-corrected chi connectivity index (χ1v) is 14.4. The minimum atomic E-state index is -0.722. The summed E-state index contributed by atoms with van der Waals surface area (Å²) in [5.74, 6) is 1.39. The van der Waals surface area contributed by atoms with E-state index in [1.165, 1.54) is 0 Å². The monoisotopic (exact) mass is 584 g/mol. The van der Waals surface area contributed by atoms with Crippen molar-refractivity contribution in [3.63, 3.8) is 0 Å². The Kier molecular flexibility index (Phi) is 9.36. The fourth-order valence-electron chi connectivity index (χ4n) is 5.22. The third-order valence-electron chi connectivity index (χ3n) is 7.52. The van der Waals surface area contributed by atoms with Gasteiger partial charge >= 0.3 is 5.97 Å². The van der Waals surface area contributed by atoms with Crippen LogP contribution in [0.25, 0.3) is 11.3 Å². The summed E-state index contributed by atoms with van der Waals surface area (Å²) in [6.45, 7) is 6.31. The Hall–Kier alpha value is -2.98. The van der Waals surface area contributed by atoms with Gasteiger partial charge in [0, 0.05) is 60.8 Å². The van der Waals surface area contributed by atoms with Gasteiger partial charge in [0.2, 0.25) is 11.8 Å². The Balaban J connectivity index is 1.32. The normalized spacial score (nSPS) is 17.2. The van der Waals surface area contributed by atoms with E-state index in [-0.39, 0.29) is 6.42 Å². The fraction of sp³-hybridized carbons (Fsp3) is 0.448. The molecule has 9 nitrogen and oxygen atoms in total. The van der Waals surface area contributed by atoms with Gasteiger partial charge in [-0.2, -0.15) is 0 Å². The predicted octanol–water partition coefficient (Wildman–Crippen LogP) is 5.47. The van der Waals surface area contributed by atoms with E-state index < -0.39 is 5.97 Å². The first kappa shape index (κ1) is 28.5. The van der Waals surface area contributed by atoms with Crippen molar-refractivity contribution in [2.45, 2.75) is 32.2 Å². The van der Waals surface area contributed by atoms with Crippen LogP contribution in [0.3, 0.4) is 0 Å². The van der Waals surface area contributed by atoms with Crippen molar-refractivity contribution in [2.24, 2.45) is 5.92 Å². The zero-order chi connectivity index (χ0) is 28.1. The van der Waals surface area contributed by atoms with Crippen LogP contribution in [0.1, 0.15) is 31.2 Å². The van der Waals surface area contributed by atoms with Gasteiger partial charge in [-0.3, -0.25) is 9.69 Å². The second-order valence-electron chi connectivity index (χ2n) is 10.6. The van der Waals surface area contributed by atoms with Gasteiger partial charge in [-0.1, -0.05) is 23.2 Å². The number of ether oxygens (including phenoxy) is 1. The number of piperazine rings is 1. The number of pyridine rings is 1. The molecular weight excluding hydrogens is 551 g/mol. The van der Waals surface area contributed by atoms with Crippen LogP contribution in [0.5, 0.6) is 11.6 Å². The maximum Gasteiger partial charge on any atom is 0.303 e. The summed E-state index contributed by atoms with van der Waals surface area (Å²) in [6.07, 6.45) is 6.34. The van der Waals surface area contributed by atoms with Crippen LogP contribution in [0.15, 0.2) is 42.7 Å². The zero-order valence-electron chi connectivity index (χ0n) is 22.6. The maximum atomic E-state index is 10.9. The summed E-state index contributed by atoms with van der Waals surface area (Å²) in [5.41, 5.74) is 2.57. The molecule has 1 aromatic carbocycles. The topological polar surface area (TPSA) is 94.9 Å². The standard InChI is InChI=1S/C29H34Cl2N6O3/c1-35-8-10-37(11-9-35)29-32-17-25(18-33-29)40-27-13-21(12-26(34-27)22-14-23(30)16-24(31)15-22)19-36-6-4-20(5-7-36)2-3-28(38)39/h12-18,20H,2-11,19H2,1H3,(H,38,39). The van der Waals surface area contributed by atoms with Crippen LogP contribution in [0.2, 0.25) is 10.0 Å². The number of carboxylic acid groups (broad SMARTS) is 1. The van der Waals surface area contributed by atoms with Gasteiger partial charge < -0.3 is 19.6 Å². The van der Waals surface area contributed by atoms with Crippen molar-refractivity contribution in [3.8, 4) is 22.9 Å². The molecule has 3 aromatic rings. The number of piperidine rings is 1. The summed E-state index contributed by atoms with van der Waals surface area (Å²) in [7, 11) is 2.12. The smallest absolute Gasteiger partial charge is 0.303 e. The molecule has 2 saturated heterocycles. The molecular formula is C29H34Cl2N6O3. The van der Waals surface area contributed by atoms with Crippen LogP contribution in [0, 0.1) is 5.92 Å². The Bertz CT molecular complexity index is 1290. The summed E-state index contributed by atoms with van der Waals surface area (Å²) in [6, 6.07) is 9.36. The highest BCUT2D eigenvalue weighted by Crippen LogP contribution is 2.31. The number of benzene rings is 1. The number of likely N-dealkylation sites (N-methyl/N-ethyl adjacent to an activating group) is 1. The van der Waals surface area contributed by atoms with E-state index in [0.29, 0.717) is 39.2 Å². The molecule has 212 valence electrons. The number of likely N-dealkylation sites (tertiary alicyclic amines) is 1. The van der Waals surface area contributed by atoms with E-state index in [9.17, 15) is 4.79 Å². The second kappa shape index (κ2) is 13.1. The molecule has 0 atom stereocenters. The lowest BCUT2D eigenvalue weighted by molar-refractivity contribution is -0.137. The minimum Gasteiger partial charge on any atom is -0.481 e. The average molecular weight is 586 g/mol. The quantitative estimate of drug-likeness (QED) is 0.351. The molecule has 11 heteroatoms. The number of hydrogen-bond acceptors (Lipinski definition) is 8. The van der Waals surface area contributed by atoms with Crippen LogP contribution in [-0.2, 0) is 11.3 Å². The summed E-state index contributed by atoms with van der Waals surface area (Å²) >= 11 is 12.6. The van der Waals surface area contributed by atoms with E-state index >= 15 is 0 Å². The maximum absolute atomic E-state index is 10.9. The van der Waals surface area contributed by atoms with E-state index in [1.54, 1.807) is 18.5 Å². The molecule has 1 N–H and O–H groups in total. The summed E-state index contributed by atoms with van der Waals surface area (Å²) in [4.78, 5) is 31.6. The highest BCUT2D eigenvalue weighted by Gasteiger charge is 2.21. The number of halogens is 2. The van der Waals surface area contributed by atoms with Gasteiger partial charge in [-0.15, -0.1) is 0 Å². The average Bonchev–Trinajstić information content (AvgIpc) is 2.93. The number of hydrogen-bond donors (Lipinski definition) is 1. The third-order valence-corrected chi connectivity index (χ3v) is 7.96. The minimum absolute atomic E-state index is 0.237. The first-order chi connectivity index (χ1) is 19.3. The molecule has 5 rings (SSSR count). The number of carboxylic acids is 1. The molecule has 0 unspecified atom stereocenters. The lowest BCUT2D eigenvalue weighted by Gasteiger charge is -2.32. The van der Waals surface area contributed by atoms with Crippen molar-refractivity contribution in [3.05, 3.63) is 58.3 Å². The summed E-state index contributed by atoms with van der Waals surface area (Å²) < 4.78 is 6.16. The number of aliphatic carboxylic acids is 1. The predicted molar refractivity (Wildman–Crippen MR) is 156 cm³/mol. The molecule has 0 aliphatic carbocycles. The van der Waals surface area contributed by atoms with E-state index in [0.717, 1.165) is 76.2 Å². The molecule has 2 aliphatic heterocycles. The van der Waals surface area contributed by atoms with Gasteiger partial charge in [0.1, 0.15) is 0 Å². The van der Waals surface area contributed by atoms with Gasteiger partial charge in [-0.25, -0.2) is 15.0 Å². The van der Waals surface area contributed by atoms with Crippen molar-refractivity contribution in [1.29, 1.82) is 0 Å². The Morgan fingerprint density at radius 3 is 2.30 bits per heavy atom. The van der Waals surface area contributed by atoms with Crippen molar-refractivity contribution in [1.82, 2.24) is 24.8 Å². The van der Waals surface area contributed by atoms with E-state index in [4.69, 9.17) is 38.0 Å². The number of carbonyl (C=O) groups is 1. The molecule has 0 bridgehead atoms. The Labute approximate surface area is 244 Å². The number of nitrogens with zero attached hydrogens (tertiary/aromatic N) is 6. The van der Waals surface area contributed by atoms with E-state index in [1.807, 2.05) is 24.3 Å². The lowest BCUT2D eigenvalue weighted by Crippen LogP contribution is -2.45. The zero-order valence-corrected chi connectivity index (χ0v) is 24.1. The molecule has 0 radical (unpaired) electrons. The van der Waals surface area contributed by atoms with Crippen molar-refractivity contribution in [2.75, 3.05) is 51.2 Å². The van der Waals surface area contributed by atoms with Gasteiger partial charge in [0.05, 0.1) is 18.1 Å². The highest BCUT2D eigenvalue weighted by molar-refractivity contribution is 6.35. The van der Waals surface area contributed by atoms with Gasteiger partial charge in [0.25, 0.3) is 0 Å². The Morgan fingerprint density at radius 2 is 1.65 bits per heavy atom. The molecule has 2 aliphatic rings. The van der Waals surface area contributed by atoms with E-state index in [2.05, 4.69) is 31.7 Å². The molecule has 0 saturated carbocycles.